The second-order valence-corrected chi connectivity index (χ2v) is 5.91. The predicted molar refractivity (Wildman–Crippen MR) is 59.4 cm³/mol. The Balaban J connectivity index is 4.43. The maximum atomic E-state index is 11.0. The molecule has 0 aromatic rings. The molecule has 0 amide bonds. The smallest absolute Gasteiger partial charge is 0.171 e. The minimum absolute atomic E-state index is 0.386. The van der Waals surface area contributed by atoms with Gasteiger partial charge in [-0.1, -0.05) is 26.7 Å². The predicted octanol–water partition coefficient (Wildman–Crippen LogP) is 1.54. The average molecular weight is 236 g/mol. The molecule has 0 aromatic carbocycles. The van der Waals surface area contributed by atoms with E-state index in [1.54, 1.807) is 0 Å². The summed E-state index contributed by atoms with van der Waals surface area (Å²) in [6, 6.07) is 0. The van der Waals surface area contributed by atoms with E-state index in [0.717, 1.165) is 25.4 Å². The van der Waals surface area contributed by atoms with Crippen molar-refractivity contribution in [3.8, 4) is 0 Å². The Morgan fingerprint density at radius 3 is 2.27 bits per heavy atom. The van der Waals surface area contributed by atoms with Gasteiger partial charge in [-0.05, 0) is 12.8 Å². The standard InChI is InChI=1S/C10H20O4S/c1-4-6-7-10(5-2,8-11)14-9-15(3,12)13/h8H,4-7,9H2,1-3H3. The van der Waals surface area contributed by atoms with Gasteiger partial charge in [0.15, 0.2) is 16.1 Å². The first kappa shape index (κ1) is 14.6. The lowest BCUT2D eigenvalue weighted by atomic mass is 9.95. The first-order valence-corrected chi connectivity index (χ1v) is 7.23. The molecule has 0 N–H and O–H groups in total. The molecule has 0 radical (unpaired) electrons. The molecule has 0 rings (SSSR count). The summed E-state index contributed by atoms with van der Waals surface area (Å²) >= 11 is 0. The van der Waals surface area contributed by atoms with Crippen molar-refractivity contribution in [1.82, 2.24) is 0 Å². The topological polar surface area (TPSA) is 60.4 Å². The van der Waals surface area contributed by atoms with Gasteiger partial charge < -0.3 is 9.53 Å². The lowest BCUT2D eigenvalue weighted by molar-refractivity contribution is -0.130. The van der Waals surface area contributed by atoms with Crippen molar-refractivity contribution in [2.45, 2.75) is 45.1 Å². The summed E-state index contributed by atoms with van der Waals surface area (Å²) < 4.78 is 27.1. The Bertz CT molecular complexity index is 284. The Morgan fingerprint density at radius 1 is 1.33 bits per heavy atom. The Labute approximate surface area is 91.9 Å². The summed E-state index contributed by atoms with van der Waals surface area (Å²) in [6.45, 7) is 3.84. The maximum Gasteiger partial charge on any atom is 0.171 e. The molecule has 0 saturated carbocycles. The molecule has 0 aromatic heterocycles. The fraction of sp³-hybridized carbons (Fsp3) is 0.900. The second kappa shape index (κ2) is 6.23. The van der Waals surface area contributed by atoms with Crippen molar-refractivity contribution in [3.05, 3.63) is 0 Å². The summed E-state index contributed by atoms with van der Waals surface area (Å²) in [6.07, 6.45) is 4.73. The summed E-state index contributed by atoms with van der Waals surface area (Å²) in [4.78, 5) is 11.0. The van der Waals surface area contributed by atoms with E-state index in [1.165, 1.54) is 0 Å². The molecular weight excluding hydrogens is 216 g/mol. The van der Waals surface area contributed by atoms with E-state index in [4.69, 9.17) is 4.74 Å². The summed E-state index contributed by atoms with van der Waals surface area (Å²) in [5, 5.41) is 0. The lowest BCUT2D eigenvalue weighted by Crippen LogP contribution is -2.35. The molecule has 1 atom stereocenters. The highest BCUT2D eigenvalue weighted by molar-refractivity contribution is 7.90. The molecule has 1 unspecified atom stereocenters. The molecule has 0 saturated heterocycles. The van der Waals surface area contributed by atoms with Crippen LogP contribution >= 0.6 is 0 Å². The molecule has 0 aliphatic carbocycles. The van der Waals surface area contributed by atoms with Crippen molar-refractivity contribution in [3.63, 3.8) is 0 Å². The molecule has 5 heteroatoms. The van der Waals surface area contributed by atoms with Gasteiger partial charge in [-0.2, -0.15) is 0 Å². The number of rotatable bonds is 8. The molecule has 0 bridgehead atoms. The second-order valence-electron chi connectivity index (χ2n) is 3.83. The van der Waals surface area contributed by atoms with Crippen LogP contribution in [-0.2, 0) is 19.4 Å². The number of ether oxygens (including phenoxy) is 1. The van der Waals surface area contributed by atoms with Crippen LogP contribution in [-0.4, -0.2) is 32.5 Å². The van der Waals surface area contributed by atoms with Crippen molar-refractivity contribution in [2.75, 3.05) is 12.2 Å². The number of hydrogen-bond donors (Lipinski definition) is 0. The molecular formula is C10H20O4S. The van der Waals surface area contributed by atoms with Crippen LogP contribution in [0.5, 0.6) is 0 Å². The zero-order valence-electron chi connectivity index (χ0n) is 9.65. The number of sulfone groups is 1. The van der Waals surface area contributed by atoms with Gasteiger partial charge >= 0.3 is 0 Å². The van der Waals surface area contributed by atoms with Crippen LogP contribution in [0.25, 0.3) is 0 Å². The highest BCUT2D eigenvalue weighted by atomic mass is 32.2. The quantitative estimate of drug-likeness (QED) is 0.600. The van der Waals surface area contributed by atoms with Crippen LogP contribution in [0.2, 0.25) is 0 Å². The highest BCUT2D eigenvalue weighted by Gasteiger charge is 2.29. The van der Waals surface area contributed by atoms with Crippen molar-refractivity contribution < 1.29 is 17.9 Å². The average Bonchev–Trinajstić information content (AvgIpc) is 2.18. The van der Waals surface area contributed by atoms with Gasteiger partial charge in [0, 0.05) is 6.26 Å². The minimum atomic E-state index is -3.18. The van der Waals surface area contributed by atoms with Crippen molar-refractivity contribution >= 4 is 16.1 Å². The van der Waals surface area contributed by atoms with Crippen molar-refractivity contribution in [1.29, 1.82) is 0 Å². The summed E-state index contributed by atoms with van der Waals surface area (Å²) in [5.41, 5.74) is -0.918. The monoisotopic (exact) mass is 236 g/mol. The van der Waals surface area contributed by atoms with E-state index in [-0.39, 0.29) is 5.94 Å². The van der Waals surface area contributed by atoms with Crippen molar-refractivity contribution in [2.24, 2.45) is 0 Å². The van der Waals surface area contributed by atoms with E-state index in [9.17, 15) is 13.2 Å². The molecule has 4 nitrogen and oxygen atoms in total. The highest BCUT2D eigenvalue weighted by Crippen LogP contribution is 2.21. The zero-order valence-corrected chi connectivity index (χ0v) is 10.5. The molecule has 15 heavy (non-hydrogen) atoms. The largest absolute Gasteiger partial charge is 0.352 e. The van der Waals surface area contributed by atoms with E-state index in [0.29, 0.717) is 12.8 Å². The SMILES string of the molecule is CCCCC(C=O)(CC)OCS(C)(=O)=O. The number of aldehydes is 1. The van der Waals surface area contributed by atoms with Gasteiger partial charge in [0.2, 0.25) is 0 Å². The van der Waals surface area contributed by atoms with E-state index in [2.05, 4.69) is 0 Å². The third kappa shape index (κ3) is 5.89. The van der Waals surface area contributed by atoms with Crippen LogP contribution in [0, 0.1) is 0 Å². The fourth-order valence-electron chi connectivity index (χ4n) is 1.23. The van der Waals surface area contributed by atoms with Crippen LogP contribution in [0.1, 0.15) is 39.5 Å². The van der Waals surface area contributed by atoms with E-state index in [1.807, 2.05) is 13.8 Å². The third-order valence-corrected chi connectivity index (χ3v) is 2.87. The first-order valence-electron chi connectivity index (χ1n) is 5.17. The van der Waals surface area contributed by atoms with Gasteiger partial charge in [-0.15, -0.1) is 0 Å². The molecule has 0 heterocycles. The van der Waals surface area contributed by atoms with Gasteiger partial charge in [0.05, 0.1) is 0 Å². The fourth-order valence-corrected chi connectivity index (χ4v) is 1.68. The third-order valence-electron chi connectivity index (χ3n) is 2.33. The van der Waals surface area contributed by atoms with Gasteiger partial charge in [0.25, 0.3) is 0 Å². The van der Waals surface area contributed by atoms with Crippen LogP contribution in [0.4, 0.5) is 0 Å². The normalized spacial score (nSPS) is 15.9. The number of carbonyl (C=O) groups excluding carboxylic acids is 1. The first-order chi connectivity index (χ1) is 6.89. The van der Waals surface area contributed by atoms with E-state index < -0.39 is 15.4 Å². The molecule has 0 spiro atoms. The molecule has 0 aliphatic rings. The van der Waals surface area contributed by atoms with Gasteiger partial charge in [-0.3, -0.25) is 0 Å². The van der Waals surface area contributed by atoms with Gasteiger partial charge in [-0.25, -0.2) is 8.42 Å². The van der Waals surface area contributed by atoms with Crippen LogP contribution in [0.3, 0.4) is 0 Å². The van der Waals surface area contributed by atoms with E-state index >= 15 is 0 Å². The van der Waals surface area contributed by atoms with Gasteiger partial charge in [0.1, 0.15) is 11.5 Å². The maximum absolute atomic E-state index is 11.0. The molecule has 90 valence electrons. The summed E-state index contributed by atoms with van der Waals surface area (Å²) in [7, 11) is -3.18. The number of unbranched alkanes of at least 4 members (excludes halogenated alkanes) is 1. The Kier molecular flexibility index (Phi) is 6.05. The Hall–Kier alpha value is -0.420. The minimum Gasteiger partial charge on any atom is -0.352 e. The lowest BCUT2D eigenvalue weighted by Gasteiger charge is -2.26. The number of hydrogen-bond acceptors (Lipinski definition) is 4. The number of carbonyl (C=O) groups is 1. The van der Waals surface area contributed by atoms with Crippen LogP contribution in [0.15, 0.2) is 0 Å². The molecule has 0 aliphatic heterocycles. The van der Waals surface area contributed by atoms with Crippen LogP contribution < -0.4 is 0 Å². The summed E-state index contributed by atoms with van der Waals surface area (Å²) in [5.74, 6) is -0.386. The Morgan fingerprint density at radius 2 is 1.93 bits per heavy atom. The zero-order chi connectivity index (χ0) is 11.9. The molecule has 0 fully saturated rings.